The summed E-state index contributed by atoms with van der Waals surface area (Å²) in [4.78, 5) is 57.5. The second-order valence-corrected chi connectivity index (χ2v) is 8.84. The molecule has 0 saturated carbocycles. The molecular weight excluding hydrogens is 488 g/mol. The summed E-state index contributed by atoms with van der Waals surface area (Å²) in [5, 5.41) is 26.1. The number of carboxylic acid groups (broad SMARTS) is 1. The molecule has 0 aromatic carbocycles. The molecule has 0 radical (unpaired) electrons. The van der Waals surface area contributed by atoms with Gasteiger partial charge in [-0.25, -0.2) is 4.79 Å². The van der Waals surface area contributed by atoms with Crippen LogP contribution in [0.2, 0.25) is 0 Å². The number of aliphatic carboxylic acids is 1. The number of hydrogen-bond donors (Lipinski definition) is 10. The van der Waals surface area contributed by atoms with E-state index in [9.17, 15) is 24.3 Å². The fourth-order valence-corrected chi connectivity index (χ4v) is 3.14. The van der Waals surface area contributed by atoms with Gasteiger partial charge in [-0.05, 0) is 38.0 Å². The van der Waals surface area contributed by atoms with Gasteiger partial charge in [-0.2, -0.15) is 0 Å². The molecule has 0 aromatic rings. The highest BCUT2D eigenvalue weighted by atomic mass is 16.4. The van der Waals surface area contributed by atoms with E-state index in [1.54, 1.807) is 0 Å². The second kappa shape index (κ2) is 17.7. The van der Waals surface area contributed by atoms with E-state index < -0.39 is 54.5 Å². The number of rotatable bonds is 18. The maximum atomic E-state index is 13.1. The van der Waals surface area contributed by atoms with Crippen LogP contribution in [0.1, 0.15) is 46.0 Å². The van der Waals surface area contributed by atoms with Crippen molar-refractivity contribution in [3.05, 3.63) is 0 Å². The van der Waals surface area contributed by atoms with Gasteiger partial charge >= 0.3 is 5.97 Å². The number of aliphatic hydroxyl groups is 1. The van der Waals surface area contributed by atoms with Gasteiger partial charge in [0, 0.05) is 13.1 Å². The van der Waals surface area contributed by atoms with Gasteiger partial charge in [-0.3, -0.25) is 24.4 Å². The fraction of sp³-hybridized carbons (Fsp3) is 0.714. The van der Waals surface area contributed by atoms with Crippen molar-refractivity contribution < 1.29 is 29.4 Å². The molecule has 15 N–H and O–H groups in total. The third kappa shape index (κ3) is 15.1. The van der Waals surface area contributed by atoms with Crippen LogP contribution in [0.15, 0.2) is 9.98 Å². The van der Waals surface area contributed by atoms with E-state index in [1.807, 2.05) is 13.8 Å². The number of guanidine groups is 2. The zero-order chi connectivity index (χ0) is 28.5. The number of aliphatic hydroxyl groups excluding tert-OH is 1. The van der Waals surface area contributed by atoms with E-state index in [4.69, 9.17) is 33.8 Å². The van der Waals surface area contributed by atoms with Gasteiger partial charge in [0.15, 0.2) is 11.9 Å². The topological polar surface area (TPSA) is 300 Å². The van der Waals surface area contributed by atoms with Gasteiger partial charge in [-0.1, -0.05) is 13.8 Å². The van der Waals surface area contributed by atoms with E-state index in [-0.39, 0.29) is 50.2 Å². The maximum Gasteiger partial charge on any atom is 0.326 e. The Hall–Kier alpha value is -3.66. The number of nitrogens with zero attached hydrogens (tertiary/aromatic N) is 2. The van der Waals surface area contributed by atoms with Crippen LogP contribution in [0.5, 0.6) is 0 Å². The molecule has 212 valence electrons. The maximum absolute atomic E-state index is 13.1. The third-order valence-electron chi connectivity index (χ3n) is 5.01. The van der Waals surface area contributed by atoms with E-state index in [1.165, 1.54) is 0 Å². The van der Waals surface area contributed by atoms with E-state index >= 15 is 0 Å². The first-order valence-corrected chi connectivity index (χ1v) is 11.9. The van der Waals surface area contributed by atoms with Crippen molar-refractivity contribution in [3.8, 4) is 0 Å². The first-order chi connectivity index (χ1) is 17.3. The molecule has 0 saturated heterocycles. The van der Waals surface area contributed by atoms with Crippen LogP contribution in [0.3, 0.4) is 0 Å². The number of nitrogens with one attached hydrogen (secondary N) is 3. The smallest absolute Gasteiger partial charge is 0.326 e. The van der Waals surface area contributed by atoms with Crippen LogP contribution < -0.4 is 44.6 Å². The second-order valence-electron chi connectivity index (χ2n) is 8.84. The molecule has 0 heterocycles. The van der Waals surface area contributed by atoms with Gasteiger partial charge in [0.25, 0.3) is 0 Å². The standard InChI is InChI=1S/C21H42N10O6/c1-11(2)9-15(18(35)30-14(19(36)37)6-4-8-28-21(25)26)31-17(34)13(5-3-7-27-20(23)24)29-16(33)12(22)10-32/h11-15,32H,3-10,22H2,1-2H3,(H,29,33)(H,30,35)(H,31,34)(H,36,37)(H4,23,24,27)(H4,25,26,28). The Balaban J connectivity index is 5.51. The number of hydrogen-bond acceptors (Lipinski definition) is 8. The molecule has 0 spiro atoms. The Morgan fingerprint density at radius 2 is 1.19 bits per heavy atom. The Morgan fingerprint density at radius 1 is 0.757 bits per heavy atom. The van der Waals surface area contributed by atoms with Crippen molar-refractivity contribution in [2.24, 2.45) is 44.6 Å². The predicted octanol–water partition coefficient (Wildman–Crippen LogP) is -4.00. The zero-order valence-electron chi connectivity index (χ0n) is 21.4. The Kier molecular flexibility index (Phi) is 16.0. The molecule has 0 aliphatic carbocycles. The molecule has 0 aromatic heterocycles. The molecular formula is C21H42N10O6. The molecule has 0 aliphatic heterocycles. The fourth-order valence-electron chi connectivity index (χ4n) is 3.14. The van der Waals surface area contributed by atoms with E-state index in [0.717, 1.165) is 0 Å². The van der Waals surface area contributed by atoms with Crippen LogP contribution >= 0.6 is 0 Å². The largest absolute Gasteiger partial charge is 0.480 e. The molecule has 3 amide bonds. The molecule has 0 rings (SSSR count). The highest BCUT2D eigenvalue weighted by Gasteiger charge is 2.30. The van der Waals surface area contributed by atoms with E-state index in [2.05, 4.69) is 25.9 Å². The van der Waals surface area contributed by atoms with Crippen LogP contribution in [-0.4, -0.2) is 89.7 Å². The summed E-state index contributed by atoms with van der Waals surface area (Å²) in [6.45, 7) is 3.39. The highest BCUT2D eigenvalue weighted by molar-refractivity contribution is 5.94. The van der Waals surface area contributed by atoms with Crippen LogP contribution in [0.25, 0.3) is 0 Å². The van der Waals surface area contributed by atoms with Crippen LogP contribution in [0.4, 0.5) is 0 Å². The molecule has 4 atom stereocenters. The lowest BCUT2D eigenvalue weighted by Crippen LogP contribution is -2.57. The van der Waals surface area contributed by atoms with Crippen molar-refractivity contribution in [3.63, 3.8) is 0 Å². The monoisotopic (exact) mass is 530 g/mol. The minimum atomic E-state index is -1.25. The summed E-state index contributed by atoms with van der Waals surface area (Å²) in [6.07, 6.45) is 0.963. The molecule has 4 unspecified atom stereocenters. The van der Waals surface area contributed by atoms with Crippen molar-refractivity contribution in [2.75, 3.05) is 19.7 Å². The van der Waals surface area contributed by atoms with Crippen molar-refractivity contribution in [2.45, 2.75) is 70.1 Å². The molecule has 0 bridgehead atoms. The normalized spacial score (nSPS) is 14.0. The quantitative estimate of drug-likeness (QED) is 0.0462. The minimum absolute atomic E-state index is 0.0427. The predicted molar refractivity (Wildman–Crippen MR) is 138 cm³/mol. The summed E-state index contributed by atoms with van der Waals surface area (Å²) in [6, 6.07) is -4.68. The van der Waals surface area contributed by atoms with Crippen molar-refractivity contribution >= 4 is 35.6 Å². The summed E-state index contributed by atoms with van der Waals surface area (Å²) >= 11 is 0. The number of nitrogens with two attached hydrogens (primary N) is 5. The Labute approximate surface area is 215 Å². The van der Waals surface area contributed by atoms with Gasteiger partial charge in [0.2, 0.25) is 17.7 Å². The summed E-state index contributed by atoms with van der Waals surface area (Å²) in [5.74, 6) is -3.71. The molecule has 0 fully saturated rings. The zero-order valence-corrected chi connectivity index (χ0v) is 21.4. The molecule has 0 aliphatic rings. The SMILES string of the molecule is CC(C)CC(NC(=O)C(CCCN=C(N)N)NC(=O)C(N)CO)C(=O)NC(CCCN=C(N)N)C(=O)O. The number of carbonyl (C=O) groups excluding carboxylic acids is 3. The van der Waals surface area contributed by atoms with Crippen LogP contribution in [0, 0.1) is 5.92 Å². The van der Waals surface area contributed by atoms with Crippen molar-refractivity contribution in [1.82, 2.24) is 16.0 Å². The summed E-state index contributed by atoms with van der Waals surface area (Å²) < 4.78 is 0. The molecule has 16 heteroatoms. The Bertz CT molecular complexity index is 812. The van der Waals surface area contributed by atoms with Crippen molar-refractivity contribution in [1.29, 1.82) is 0 Å². The van der Waals surface area contributed by atoms with E-state index in [0.29, 0.717) is 12.8 Å². The number of carbonyl (C=O) groups is 4. The van der Waals surface area contributed by atoms with Gasteiger partial charge in [-0.15, -0.1) is 0 Å². The molecule has 37 heavy (non-hydrogen) atoms. The van der Waals surface area contributed by atoms with Gasteiger partial charge in [0.05, 0.1) is 6.61 Å². The first kappa shape index (κ1) is 33.3. The lowest BCUT2D eigenvalue weighted by molar-refractivity contribution is -0.142. The van der Waals surface area contributed by atoms with Crippen LogP contribution in [-0.2, 0) is 19.2 Å². The third-order valence-corrected chi connectivity index (χ3v) is 5.01. The summed E-state index contributed by atoms with van der Waals surface area (Å²) in [5.41, 5.74) is 26.6. The molecule has 16 nitrogen and oxygen atoms in total. The number of amides is 3. The Morgan fingerprint density at radius 3 is 1.62 bits per heavy atom. The highest BCUT2D eigenvalue weighted by Crippen LogP contribution is 2.09. The number of aliphatic imine (C=N–C) groups is 2. The average Bonchev–Trinajstić information content (AvgIpc) is 2.80. The lowest BCUT2D eigenvalue weighted by Gasteiger charge is -2.26. The minimum Gasteiger partial charge on any atom is -0.480 e. The van der Waals surface area contributed by atoms with Gasteiger partial charge < -0.3 is 54.8 Å². The summed E-state index contributed by atoms with van der Waals surface area (Å²) in [7, 11) is 0. The lowest BCUT2D eigenvalue weighted by atomic mass is 10.0. The number of carboxylic acids is 1. The first-order valence-electron chi connectivity index (χ1n) is 11.9. The van der Waals surface area contributed by atoms with Gasteiger partial charge in [0.1, 0.15) is 24.2 Å². The average molecular weight is 531 g/mol.